The summed E-state index contributed by atoms with van der Waals surface area (Å²) in [5.41, 5.74) is 8.06. The molecule has 10 nitrogen and oxygen atoms in total. The second-order valence-electron chi connectivity index (χ2n) is 5.50. The molecule has 3 heterocycles. The highest BCUT2D eigenvalue weighted by Gasteiger charge is 2.14. The van der Waals surface area contributed by atoms with Crippen molar-refractivity contribution in [1.82, 2.24) is 24.6 Å². The van der Waals surface area contributed by atoms with E-state index >= 15 is 0 Å². The Labute approximate surface area is 214 Å². The van der Waals surface area contributed by atoms with E-state index in [4.69, 9.17) is 16.7 Å². The number of aromatic nitrogens is 6. The van der Waals surface area contributed by atoms with E-state index in [0.29, 0.717) is 26.0 Å². The zero-order valence-electron chi connectivity index (χ0n) is 17.7. The van der Waals surface area contributed by atoms with Crippen LogP contribution in [0, 0.1) is 13.8 Å². The Bertz CT molecular complexity index is 988. The van der Waals surface area contributed by atoms with Gasteiger partial charge in [-0.2, -0.15) is 5.10 Å². The Kier molecular flexibility index (Phi) is 14.2. The molecule has 5 N–H and O–H groups in total. The van der Waals surface area contributed by atoms with E-state index in [1.807, 2.05) is 27.7 Å². The number of aryl methyl sites for hydroxylation is 2. The largest absolute Gasteiger partial charge is 0.400 e. The smallest absolute Gasteiger partial charge is 0.329 e. The van der Waals surface area contributed by atoms with Crippen molar-refractivity contribution >= 4 is 81.5 Å². The van der Waals surface area contributed by atoms with Gasteiger partial charge in [-0.15, -0.1) is 4.68 Å². The Hall–Kier alpha value is -1.22. The van der Waals surface area contributed by atoms with Crippen LogP contribution in [0.2, 0.25) is 0 Å². The van der Waals surface area contributed by atoms with Gasteiger partial charge in [-0.05, 0) is 70.6 Å². The van der Waals surface area contributed by atoms with Crippen molar-refractivity contribution in [3.63, 3.8) is 0 Å². The lowest BCUT2D eigenvalue weighted by Crippen LogP contribution is -2.50. The zero-order valence-corrected chi connectivity index (χ0v) is 24.0. The maximum atomic E-state index is 9.17. The summed E-state index contributed by atoms with van der Waals surface area (Å²) >= 11 is 13.1. The number of nitrogens with two attached hydrogens (primary N) is 2. The first-order valence-corrected chi connectivity index (χ1v) is 12.0. The highest BCUT2D eigenvalue weighted by Crippen LogP contribution is 2.21. The topological polar surface area (TPSA) is 149 Å². The fourth-order valence-electron chi connectivity index (χ4n) is 1.78. The lowest BCUT2D eigenvalue weighted by molar-refractivity contribution is -0.632. The minimum atomic E-state index is 0.408. The average molecular weight is 693 g/mol. The molecule has 0 aliphatic heterocycles. The van der Waals surface area contributed by atoms with E-state index in [-0.39, 0.29) is 0 Å². The molecule has 0 aliphatic rings. The fourth-order valence-corrected chi connectivity index (χ4v) is 3.77. The van der Waals surface area contributed by atoms with Gasteiger partial charge in [-0.3, -0.25) is 11.6 Å². The van der Waals surface area contributed by atoms with Crippen LogP contribution in [0.3, 0.4) is 0 Å². The van der Waals surface area contributed by atoms with Gasteiger partial charge in [0.25, 0.3) is 0 Å². The first-order valence-electron chi connectivity index (χ1n) is 8.82. The number of halogens is 4. The van der Waals surface area contributed by atoms with Crippen LogP contribution >= 0.6 is 63.7 Å². The molecule has 3 aromatic heterocycles. The lowest BCUT2D eigenvalue weighted by atomic mass is 10.5. The Morgan fingerprint density at radius 2 is 1.52 bits per heavy atom. The first kappa shape index (κ1) is 29.8. The molecule has 3 aromatic rings. The van der Waals surface area contributed by atoms with E-state index in [9.17, 15) is 4.79 Å². The van der Waals surface area contributed by atoms with Gasteiger partial charge in [-0.25, -0.2) is 19.5 Å². The Balaban J connectivity index is 0.000000473. The SMILES string of the molecule is CCC=O.CCc1nc2c(Br)nc(Br)c(C)n2n1.CO.Cc1c(Br)nc(Br)c(N)[n+]1N. The molecule has 0 unspecified atom stereocenters. The van der Waals surface area contributed by atoms with Crippen LogP contribution in [-0.4, -0.2) is 43.1 Å². The van der Waals surface area contributed by atoms with E-state index in [0.717, 1.165) is 47.3 Å². The molecule has 14 heteroatoms. The molecule has 0 atom stereocenters. The molecular weight excluding hydrogens is 668 g/mol. The van der Waals surface area contributed by atoms with Crippen LogP contribution in [0.1, 0.15) is 37.5 Å². The number of carbonyl (C=O) groups is 1. The van der Waals surface area contributed by atoms with Gasteiger partial charge in [0.2, 0.25) is 0 Å². The van der Waals surface area contributed by atoms with Crippen molar-refractivity contribution in [3.05, 3.63) is 35.6 Å². The number of aliphatic hydroxyl groups is 1. The normalized spacial score (nSPS) is 9.61. The highest BCUT2D eigenvalue weighted by atomic mass is 79.9. The molecule has 0 spiro atoms. The zero-order chi connectivity index (χ0) is 24.3. The molecule has 0 amide bonds. The monoisotopic (exact) mass is 689 g/mol. The lowest BCUT2D eigenvalue weighted by Gasteiger charge is -2.01. The Morgan fingerprint density at radius 1 is 1.00 bits per heavy atom. The Morgan fingerprint density at radius 3 is 2.00 bits per heavy atom. The molecule has 0 aromatic carbocycles. The third-order valence-electron chi connectivity index (χ3n) is 3.46. The quantitative estimate of drug-likeness (QED) is 0.211. The second kappa shape index (κ2) is 14.8. The second-order valence-corrected chi connectivity index (χ2v) is 8.51. The van der Waals surface area contributed by atoms with E-state index in [1.54, 1.807) is 4.52 Å². The highest BCUT2D eigenvalue weighted by molar-refractivity contribution is 9.11. The molecule has 0 saturated heterocycles. The molecule has 0 aliphatic carbocycles. The summed E-state index contributed by atoms with van der Waals surface area (Å²) in [7, 11) is 1.00. The molecule has 0 bridgehead atoms. The standard InChI is InChI=1S/C8H8Br2N4.C5H6Br2N4.C3H6O.CH4O/c1-3-5-11-8-7(10)12-6(9)4(2)14(8)13-5;1-2-3(6)10-4(7)5(8)11(2)9;1-2-3-4;1-2/h3H2,1-2H3;8H,9H2,1H3;3H,2H2,1H3;2H,1H3/p+1. The van der Waals surface area contributed by atoms with Gasteiger partial charge in [0.05, 0.1) is 5.69 Å². The predicted molar refractivity (Wildman–Crippen MR) is 134 cm³/mol. The van der Waals surface area contributed by atoms with Crippen molar-refractivity contribution < 1.29 is 14.6 Å². The number of nitrogen functional groups attached to an aromatic ring is 2. The number of hydrogen-bond acceptors (Lipinski definition) is 8. The average Bonchev–Trinajstić information content (AvgIpc) is 3.22. The summed E-state index contributed by atoms with van der Waals surface area (Å²) in [5.74, 6) is 6.81. The summed E-state index contributed by atoms with van der Waals surface area (Å²) in [5, 5.41) is 11.4. The summed E-state index contributed by atoms with van der Waals surface area (Å²) in [6.45, 7) is 7.61. The maximum absolute atomic E-state index is 9.17. The molecule has 31 heavy (non-hydrogen) atoms. The molecule has 0 fully saturated rings. The van der Waals surface area contributed by atoms with Gasteiger partial charge in [0, 0.05) is 26.9 Å². The predicted octanol–water partition coefficient (Wildman–Crippen LogP) is 3.22. The number of aldehydes is 1. The van der Waals surface area contributed by atoms with Crippen molar-refractivity contribution in [1.29, 1.82) is 0 Å². The summed E-state index contributed by atoms with van der Waals surface area (Å²) in [6, 6.07) is 0. The third-order valence-corrected chi connectivity index (χ3v) is 6.08. The van der Waals surface area contributed by atoms with Crippen LogP contribution in [0.15, 0.2) is 18.4 Å². The van der Waals surface area contributed by atoms with E-state index < -0.39 is 0 Å². The number of nitrogens with zero attached hydrogens (tertiary/aromatic N) is 6. The van der Waals surface area contributed by atoms with Crippen LogP contribution in [0.4, 0.5) is 5.82 Å². The van der Waals surface area contributed by atoms with Gasteiger partial charge in [0.15, 0.2) is 31.0 Å². The molecule has 3 rings (SSSR count). The molecule has 172 valence electrons. The summed E-state index contributed by atoms with van der Waals surface area (Å²) in [6.07, 6.45) is 2.34. The number of fused-ring (bicyclic) bond motifs is 1. The number of carbonyl (C=O) groups excluding carboxylic acids is 1. The minimum absolute atomic E-state index is 0.408. The van der Waals surface area contributed by atoms with Crippen molar-refractivity contribution in [3.8, 4) is 0 Å². The molecule has 0 saturated carbocycles. The van der Waals surface area contributed by atoms with Gasteiger partial charge in [0.1, 0.15) is 10.9 Å². The fraction of sp³-hybridized carbons (Fsp3) is 0.412. The minimum Gasteiger partial charge on any atom is -0.400 e. The van der Waals surface area contributed by atoms with Gasteiger partial charge < -0.3 is 9.90 Å². The van der Waals surface area contributed by atoms with Crippen molar-refractivity contribution in [2.75, 3.05) is 18.7 Å². The molecule has 0 radical (unpaired) electrons. The number of anilines is 1. The van der Waals surface area contributed by atoms with Crippen LogP contribution < -0.4 is 16.3 Å². The number of aliphatic hydroxyl groups excluding tert-OH is 1. The third kappa shape index (κ3) is 8.33. The van der Waals surface area contributed by atoms with Gasteiger partial charge >= 0.3 is 5.82 Å². The van der Waals surface area contributed by atoms with Crippen molar-refractivity contribution in [2.24, 2.45) is 0 Å². The van der Waals surface area contributed by atoms with Crippen LogP contribution in [0.5, 0.6) is 0 Å². The summed E-state index contributed by atoms with van der Waals surface area (Å²) < 4.78 is 5.87. The number of hydrogen-bond donors (Lipinski definition) is 3. The van der Waals surface area contributed by atoms with E-state index in [2.05, 4.69) is 83.8 Å². The first-order chi connectivity index (χ1) is 14.6. The maximum Gasteiger partial charge on any atom is 0.329 e. The van der Waals surface area contributed by atoms with Crippen LogP contribution in [-0.2, 0) is 11.2 Å². The molecular formula is C17H25Br4N8O2+. The summed E-state index contributed by atoms with van der Waals surface area (Å²) in [4.78, 5) is 21.8. The number of rotatable bonds is 2. The van der Waals surface area contributed by atoms with Crippen molar-refractivity contribution in [2.45, 2.75) is 40.5 Å². The van der Waals surface area contributed by atoms with Gasteiger partial charge in [-0.1, -0.05) is 13.8 Å². The van der Waals surface area contributed by atoms with Crippen LogP contribution in [0.25, 0.3) is 5.65 Å². The van der Waals surface area contributed by atoms with E-state index in [1.165, 1.54) is 4.68 Å².